The Labute approximate surface area is 378 Å². The number of alkyl carbamates (subject to hydrolysis) is 1. The Hall–Kier alpha value is -5.02. The minimum Gasteiger partial charge on any atom is -0.480 e. The number of benzene rings is 2. The van der Waals surface area contributed by atoms with Gasteiger partial charge in [-0.3, -0.25) is 24.5 Å². The van der Waals surface area contributed by atoms with Gasteiger partial charge in [0.1, 0.15) is 17.7 Å². The number of nitrogens with one attached hydrogen (secondary N) is 2. The lowest BCUT2D eigenvalue weighted by Crippen LogP contribution is -2.60. The van der Waals surface area contributed by atoms with Crippen molar-refractivity contribution in [2.45, 2.75) is 130 Å². The second kappa shape index (κ2) is 19.6. The van der Waals surface area contributed by atoms with Crippen LogP contribution >= 0.6 is 0 Å². The highest BCUT2D eigenvalue weighted by Crippen LogP contribution is 2.43. The van der Waals surface area contributed by atoms with E-state index in [1.165, 1.54) is 30.8 Å². The second-order valence-corrected chi connectivity index (χ2v) is 19.7. The van der Waals surface area contributed by atoms with E-state index < -0.39 is 41.1 Å². The van der Waals surface area contributed by atoms with Gasteiger partial charge >= 0.3 is 12.1 Å². The zero-order chi connectivity index (χ0) is 45.9. The molecule has 3 fully saturated rings. The first-order valence-electron chi connectivity index (χ1n) is 23.2. The van der Waals surface area contributed by atoms with Crippen LogP contribution in [0.2, 0.25) is 0 Å². The van der Waals surface area contributed by atoms with Crippen LogP contribution in [0.1, 0.15) is 103 Å². The van der Waals surface area contributed by atoms with Gasteiger partial charge < -0.3 is 34.5 Å². The minimum absolute atomic E-state index is 0.0133. The molecule has 2 amide bonds. The van der Waals surface area contributed by atoms with Crippen LogP contribution in [0.5, 0.6) is 0 Å². The molecule has 0 spiro atoms. The van der Waals surface area contributed by atoms with Crippen molar-refractivity contribution in [1.29, 1.82) is 0 Å². The number of aliphatic hydroxyl groups is 1. The molecule has 14 nitrogen and oxygen atoms in total. The molecule has 0 unspecified atom stereocenters. The Morgan fingerprint density at radius 3 is 2.47 bits per heavy atom. The zero-order valence-electron chi connectivity index (χ0n) is 39.1. The summed E-state index contributed by atoms with van der Waals surface area (Å²) in [5.74, 6) is -1.48. The number of anilines is 1. The van der Waals surface area contributed by atoms with Crippen LogP contribution in [0, 0.1) is 5.41 Å². The number of rotatable bonds is 14. The fourth-order valence-corrected chi connectivity index (χ4v) is 9.68. The third kappa shape index (κ3) is 10.6. The van der Waals surface area contributed by atoms with E-state index in [1.807, 2.05) is 37.4 Å². The number of amides is 2. The fourth-order valence-electron chi connectivity index (χ4n) is 9.68. The third-order valence-electron chi connectivity index (χ3n) is 13.1. The number of aliphatic carboxylic acids is 1. The monoisotopic (exact) mass is 880 g/mol. The van der Waals surface area contributed by atoms with Gasteiger partial charge in [0.15, 0.2) is 0 Å². The Bertz CT molecular complexity index is 2320. The first-order valence-corrected chi connectivity index (χ1v) is 23.2. The number of carboxylic acid groups (broad SMARTS) is 1. The van der Waals surface area contributed by atoms with Gasteiger partial charge in [0, 0.05) is 75.4 Å². The van der Waals surface area contributed by atoms with Gasteiger partial charge in [0.05, 0.1) is 29.4 Å². The molecule has 4 N–H and O–H groups in total. The van der Waals surface area contributed by atoms with Gasteiger partial charge in [-0.15, -0.1) is 0 Å². The summed E-state index contributed by atoms with van der Waals surface area (Å²) in [5.41, 5.74) is 10.7. The van der Waals surface area contributed by atoms with E-state index in [4.69, 9.17) is 14.5 Å². The molecule has 4 atom stereocenters. The molecule has 4 aromatic rings. The number of piperazine rings is 1. The average Bonchev–Trinajstić information content (AvgIpc) is 3.58. The van der Waals surface area contributed by atoms with Gasteiger partial charge in [-0.1, -0.05) is 50.6 Å². The molecule has 0 saturated carbocycles. The highest BCUT2D eigenvalue weighted by atomic mass is 16.6. The molecule has 346 valence electrons. The second-order valence-electron chi connectivity index (χ2n) is 19.7. The highest BCUT2D eigenvalue weighted by Gasteiger charge is 2.35. The Kier molecular flexibility index (Phi) is 14.4. The number of nitrogens with zero attached hydrogens (tertiary/aromatic N) is 5. The van der Waals surface area contributed by atoms with E-state index in [9.17, 15) is 24.6 Å². The maximum Gasteiger partial charge on any atom is 0.408 e. The van der Waals surface area contributed by atoms with Crippen molar-refractivity contribution in [2.75, 3.05) is 51.3 Å². The van der Waals surface area contributed by atoms with Crippen LogP contribution < -0.4 is 15.6 Å². The number of fused-ring (bicyclic) bond motifs is 2. The van der Waals surface area contributed by atoms with E-state index in [0.717, 1.165) is 75.4 Å². The van der Waals surface area contributed by atoms with Crippen molar-refractivity contribution in [3.63, 3.8) is 0 Å². The molecule has 3 aliphatic heterocycles. The molecule has 5 heterocycles. The number of hydrogen-bond acceptors (Lipinski definition) is 10. The number of ether oxygens (including phenoxy) is 2. The third-order valence-corrected chi connectivity index (χ3v) is 13.1. The van der Waals surface area contributed by atoms with Gasteiger partial charge in [0.25, 0.3) is 5.91 Å². The molecular formula is C50H69N7O7. The number of aromatic nitrogens is 2. The number of carbonyl (C=O) groups is 3. The van der Waals surface area contributed by atoms with Crippen LogP contribution in [-0.4, -0.2) is 118 Å². The molecule has 7 rings (SSSR count). The van der Waals surface area contributed by atoms with Crippen LogP contribution in [0.15, 0.2) is 54.7 Å². The molecule has 0 aliphatic carbocycles. The lowest BCUT2D eigenvalue weighted by atomic mass is 9.84. The van der Waals surface area contributed by atoms with Gasteiger partial charge in [-0.25, -0.2) is 10.2 Å². The number of aliphatic hydroxyl groups excluding tert-OH is 1. The van der Waals surface area contributed by atoms with E-state index in [2.05, 4.69) is 70.1 Å². The summed E-state index contributed by atoms with van der Waals surface area (Å²) in [6.07, 6.45) is 6.47. The van der Waals surface area contributed by atoms with Crippen LogP contribution in [0.4, 0.5) is 10.5 Å². The van der Waals surface area contributed by atoms with Crippen LogP contribution in [0.25, 0.3) is 33.3 Å². The first kappa shape index (κ1) is 47.0. The van der Waals surface area contributed by atoms with E-state index >= 15 is 0 Å². The van der Waals surface area contributed by atoms with Gasteiger partial charge in [-0.05, 0) is 119 Å². The van der Waals surface area contributed by atoms with E-state index in [0.29, 0.717) is 38.4 Å². The summed E-state index contributed by atoms with van der Waals surface area (Å²) in [6, 6.07) is 15.4. The number of piperidine rings is 1. The van der Waals surface area contributed by atoms with Crippen LogP contribution in [0.3, 0.4) is 0 Å². The lowest BCUT2D eigenvalue weighted by Gasteiger charge is -2.45. The number of pyridine rings is 1. The standard InChI is InChI=1S/C50H69N7O7/c1-9-56-43-19-18-35(34-15-12-14-33(24-34)25-42(52-48(62)64-49(3,4)5)46(59)57-21-13-17-41(53-57)47(60)61)26-38(43)40(28-50(6,7)31-58)45(56)39-27-37(29-51-44(39)32(2)63-8)55-23-22-54-20-11-10-16-36(54)30-55/h12,14-15,18-19,24,26-27,29,32,36,41-42,53,58H,9-11,13,16-17,20-23,25,28,30-31H2,1-8H3,(H,52,62)(H,60,61)/t32-,36+,41-,42-/m0/s1. The first-order chi connectivity index (χ1) is 30.5. The number of hydrogen-bond donors (Lipinski definition) is 4. The predicted octanol–water partition coefficient (Wildman–Crippen LogP) is 7.35. The fraction of sp³-hybridized carbons (Fsp3) is 0.560. The molecule has 0 bridgehead atoms. The van der Waals surface area contributed by atoms with Gasteiger partial charge in [0.2, 0.25) is 0 Å². The Morgan fingerprint density at radius 1 is 0.969 bits per heavy atom. The molecule has 0 radical (unpaired) electrons. The quantitative estimate of drug-likeness (QED) is 0.100. The van der Waals surface area contributed by atoms with E-state index in [1.54, 1.807) is 27.9 Å². The predicted molar refractivity (Wildman–Crippen MR) is 250 cm³/mol. The Balaban J connectivity index is 1.29. The van der Waals surface area contributed by atoms with Crippen molar-refractivity contribution >= 4 is 34.6 Å². The molecule has 14 heteroatoms. The van der Waals surface area contributed by atoms with Gasteiger partial charge in [-0.2, -0.15) is 0 Å². The summed E-state index contributed by atoms with van der Waals surface area (Å²) in [4.78, 5) is 49.3. The van der Waals surface area contributed by atoms with Crippen molar-refractivity contribution in [1.82, 2.24) is 30.2 Å². The summed E-state index contributed by atoms with van der Waals surface area (Å²) < 4.78 is 13.9. The molecule has 3 saturated heterocycles. The summed E-state index contributed by atoms with van der Waals surface area (Å²) in [7, 11) is 1.73. The number of carbonyl (C=O) groups excluding carboxylic acids is 2. The average molecular weight is 880 g/mol. The SMILES string of the molecule is CCn1c(-c2cc(N3CCN4CCCC[C@@H]4C3)cnc2[C@H](C)OC)c(CC(C)(C)CO)c2cc(-c3cccc(C[C@H](NC(=O)OC(C)(C)C)C(=O)N4CCC[C@@H](C(=O)O)N4)c3)ccc21. The molecule has 3 aliphatic rings. The van der Waals surface area contributed by atoms with Crippen molar-refractivity contribution in [3.8, 4) is 22.4 Å². The lowest BCUT2D eigenvalue weighted by molar-refractivity contribution is -0.147. The maximum atomic E-state index is 14.0. The van der Waals surface area contributed by atoms with Crippen molar-refractivity contribution in [3.05, 3.63) is 71.5 Å². The molecule has 64 heavy (non-hydrogen) atoms. The molecule has 2 aromatic heterocycles. The minimum atomic E-state index is -1.04. The van der Waals surface area contributed by atoms with Crippen molar-refractivity contribution < 1.29 is 34.1 Å². The van der Waals surface area contributed by atoms with Crippen molar-refractivity contribution in [2.24, 2.45) is 5.41 Å². The summed E-state index contributed by atoms with van der Waals surface area (Å²) >= 11 is 0. The maximum absolute atomic E-state index is 14.0. The number of hydrazine groups is 1. The summed E-state index contributed by atoms with van der Waals surface area (Å²) in [5, 5.41) is 25.6. The Morgan fingerprint density at radius 2 is 1.75 bits per heavy atom. The van der Waals surface area contributed by atoms with Crippen LogP contribution in [-0.2, 0) is 38.4 Å². The molecular weight excluding hydrogens is 811 g/mol. The highest BCUT2D eigenvalue weighted by molar-refractivity contribution is 5.96. The molecule has 2 aromatic carbocycles. The van der Waals surface area contributed by atoms with E-state index in [-0.39, 0.29) is 19.1 Å². The number of carboxylic acids is 1. The number of methoxy groups -OCH3 is 1. The zero-order valence-corrected chi connectivity index (χ0v) is 39.1. The normalized spacial score (nSPS) is 19.6. The topological polar surface area (TPSA) is 162 Å². The number of aryl methyl sites for hydroxylation is 1. The summed E-state index contributed by atoms with van der Waals surface area (Å²) in [6.45, 7) is 18.9. The smallest absolute Gasteiger partial charge is 0.408 e. The largest absolute Gasteiger partial charge is 0.480 e.